The van der Waals surface area contributed by atoms with E-state index in [9.17, 15) is 17.6 Å². The van der Waals surface area contributed by atoms with E-state index in [1.54, 1.807) is 0 Å². The molecule has 0 saturated heterocycles. The van der Waals surface area contributed by atoms with Gasteiger partial charge in [0.05, 0.1) is 11.8 Å². The van der Waals surface area contributed by atoms with E-state index in [2.05, 4.69) is 10.2 Å². The van der Waals surface area contributed by atoms with E-state index in [0.29, 0.717) is 11.6 Å². The molecule has 0 saturated carbocycles. The number of hydrogen-bond donors (Lipinski definition) is 0. The Labute approximate surface area is 104 Å². The van der Waals surface area contributed by atoms with Crippen molar-refractivity contribution in [3.8, 4) is 11.1 Å². The van der Waals surface area contributed by atoms with Gasteiger partial charge in [-0.2, -0.15) is 18.3 Å². The third-order valence-corrected chi connectivity index (χ3v) is 2.41. The molecule has 2 rings (SSSR count). The molecule has 18 heavy (non-hydrogen) atoms. The van der Waals surface area contributed by atoms with E-state index < -0.39 is 17.6 Å². The number of rotatable bonds is 1. The molecular weight excluding hydrogens is 272 g/mol. The van der Waals surface area contributed by atoms with Gasteiger partial charge >= 0.3 is 6.18 Å². The lowest BCUT2D eigenvalue weighted by Gasteiger charge is -2.10. The average Bonchev–Trinajstić information content (AvgIpc) is 2.28. The van der Waals surface area contributed by atoms with Gasteiger partial charge in [-0.1, -0.05) is 17.7 Å². The quantitative estimate of drug-likeness (QED) is 0.737. The van der Waals surface area contributed by atoms with Gasteiger partial charge in [0.1, 0.15) is 5.82 Å². The molecule has 1 aromatic heterocycles. The van der Waals surface area contributed by atoms with Crippen LogP contribution in [0.4, 0.5) is 17.6 Å². The molecule has 0 aliphatic heterocycles. The summed E-state index contributed by atoms with van der Waals surface area (Å²) in [5.74, 6) is -1.32. The molecule has 0 fully saturated rings. The van der Waals surface area contributed by atoms with Gasteiger partial charge in [-0.3, -0.25) is 0 Å². The first kappa shape index (κ1) is 12.8. The lowest BCUT2D eigenvalue weighted by Crippen LogP contribution is -2.08. The van der Waals surface area contributed by atoms with E-state index in [1.807, 2.05) is 0 Å². The summed E-state index contributed by atoms with van der Waals surface area (Å²) in [5, 5.41) is 7.04. The van der Waals surface area contributed by atoms with Crippen molar-refractivity contribution >= 4 is 11.6 Å². The molecule has 0 spiro atoms. The molecule has 0 radical (unpaired) electrons. The third kappa shape index (κ3) is 2.59. The van der Waals surface area contributed by atoms with Crippen LogP contribution in [-0.4, -0.2) is 10.2 Å². The van der Waals surface area contributed by atoms with Gasteiger partial charge in [0.25, 0.3) is 0 Å². The monoisotopic (exact) mass is 276 g/mol. The Balaban J connectivity index is 2.54. The second-order valence-electron chi connectivity index (χ2n) is 3.46. The third-order valence-electron chi connectivity index (χ3n) is 2.23. The molecule has 1 heterocycles. The van der Waals surface area contributed by atoms with Crippen LogP contribution < -0.4 is 0 Å². The highest BCUT2D eigenvalue weighted by molar-refractivity contribution is 6.29. The first-order chi connectivity index (χ1) is 8.38. The van der Waals surface area contributed by atoms with Crippen LogP contribution in [-0.2, 0) is 6.18 Å². The van der Waals surface area contributed by atoms with Crippen molar-refractivity contribution in [2.75, 3.05) is 0 Å². The molecule has 2 aromatic rings. The summed E-state index contributed by atoms with van der Waals surface area (Å²) in [6.45, 7) is 0. The standard InChI is InChI=1S/C11H5ClF4N2/c12-10-4-7(5-17-18-10)6-1-2-9(13)8(3-6)11(14,15)16/h1-5H. The van der Waals surface area contributed by atoms with E-state index >= 15 is 0 Å². The second-order valence-corrected chi connectivity index (χ2v) is 3.85. The minimum atomic E-state index is -4.75. The van der Waals surface area contributed by atoms with Gasteiger partial charge in [-0.25, -0.2) is 4.39 Å². The number of halogens is 5. The Bertz CT molecular complexity index is 583. The maximum absolute atomic E-state index is 13.1. The molecule has 0 atom stereocenters. The smallest absolute Gasteiger partial charge is 0.206 e. The topological polar surface area (TPSA) is 25.8 Å². The highest BCUT2D eigenvalue weighted by Crippen LogP contribution is 2.34. The van der Waals surface area contributed by atoms with Crippen molar-refractivity contribution in [3.05, 3.63) is 47.0 Å². The lowest BCUT2D eigenvalue weighted by atomic mass is 10.0. The minimum absolute atomic E-state index is 0.0467. The Morgan fingerprint density at radius 1 is 1.06 bits per heavy atom. The minimum Gasteiger partial charge on any atom is -0.206 e. The Hall–Kier alpha value is -1.69. The van der Waals surface area contributed by atoms with Gasteiger partial charge < -0.3 is 0 Å². The SMILES string of the molecule is Fc1ccc(-c2cnnc(Cl)c2)cc1C(F)(F)F. The Morgan fingerprint density at radius 3 is 2.39 bits per heavy atom. The van der Waals surface area contributed by atoms with Gasteiger partial charge in [-0.15, -0.1) is 5.10 Å². The van der Waals surface area contributed by atoms with Crippen LogP contribution in [0.3, 0.4) is 0 Å². The van der Waals surface area contributed by atoms with Crippen LogP contribution in [0.5, 0.6) is 0 Å². The van der Waals surface area contributed by atoms with Crippen molar-refractivity contribution in [2.45, 2.75) is 6.18 Å². The summed E-state index contributed by atoms with van der Waals surface area (Å²) in [6.07, 6.45) is -3.50. The predicted molar refractivity (Wildman–Crippen MR) is 57.4 cm³/mol. The molecule has 0 aliphatic carbocycles. The molecule has 2 nitrogen and oxygen atoms in total. The second kappa shape index (κ2) is 4.53. The Morgan fingerprint density at radius 2 is 1.78 bits per heavy atom. The van der Waals surface area contributed by atoms with Crippen LogP contribution in [0.2, 0.25) is 5.15 Å². The fourth-order valence-corrected chi connectivity index (χ4v) is 1.58. The molecule has 0 amide bonds. The van der Waals surface area contributed by atoms with E-state index in [4.69, 9.17) is 11.6 Å². The van der Waals surface area contributed by atoms with Crippen molar-refractivity contribution in [2.24, 2.45) is 0 Å². The number of benzene rings is 1. The molecule has 7 heteroatoms. The summed E-state index contributed by atoms with van der Waals surface area (Å²) in [6, 6.07) is 4.04. The summed E-state index contributed by atoms with van der Waals surface area (Å²) in [5.41, 5.74) is -0.825. The Kier molecular flexibility index (Phi) is 3.21. The molecule has 1 aromatic carbocycles. The van der Waals surface area contributed by atoms with Gasteiger partial charge in [0.2, 0.25) is 0 Å². The van der Waals surface area contributed by atoms with Crippen LogP contribution >= 0.6 is 11.6 Å². The molecule has 94 valence electrons. The summed E-state index contributed by atoms with van der Waals surface area (Å²) in [4.78, 5) is 0. The number of aromatic nitrogens is 2. The fourth-order valence-electron chi connectivity index (χ4n) is 1.42. The first-order valence-electron chi connectivity index (χ1n) is 4.73. The van der Waals surface area contributed by atoms with Crippen molar-refractivity contribution in [3.63, 3.8) is 0 Å². The molecule has 0 bridgehead atoms. The van der Waals surface area contributed by atoms with E-state index in [0.717, 1.165) is 6.07 Å². The molecule has 0 unspecified atom stereocenters. The highest BCUT2D eigenvalue weighted by atomic mass is 35.5. The maximum Gasteiger partial charge on any atom is 0.419 e. The van der Waals surface area contributed by atoms with Crippen molar-refractivity contribution in [1.82, 2.24) is 10.2 Å². The normalized spacial score (nSPS) is 11.6. The zero-order valence-electron chi connectivity index (χ0n) is 8.67. The van der Waals surface area contributed by atoms with Crippen LogP contribution in [0.1, 0.15) is 5.56 Å². The predicted octanol–water partition coefficient (Wildman–Crippen LogP) is 3.95. The fraction of sp³-hybridized carbons (Fsp3) is 0.0909. The average molecular weight is 277 g/mol. The summed E-state index contributed by atoms with van der Waals surface area (Å²) < 4.78 is 50.7. The zero-order valence-corrected chi connectivity index (χ0v) is 9.43. The van der Waals surface area contributed by atoms with Crippen molar-refractivity contribution < 1.29 is 17.6 Å². The van der Waals surface area contributed by atoms with Crippen molar-refractivity contribution in [1.29, 1.82) is 0 Å². The summed E-state index contributed by atoms with van der Waals surface area (Å²) >= 11 is 5.59. The number of nitrogens with zero attached hydrogens (tertiary/aromatic N) is 2. The van der Waals surface area contributed by atoms with Gasteiger partial charge in [0.15, 0.2) is 5.15 Å². The highest BCUT2D eigenvalue weighted by Gasteiger charge is 2.34. The van der Waals surface area contributed by atoms with Crippen LogP contribution in [0.15, 0.2) is 30.5 Å². The van der Waals surface area contributed by atoms with E-state index in [-0.39, 0.29) is 10.7 Å². The molecule has 0 N–H and O–H groups in total. The largest absolute Gasteiger partial charge is 0.419 e. The van der Waals surface area contributed by atoms with Crippen LogP contribution in [0.25, 0.3) is 11.1 Å². The maximum atomic E-state index is 13.1. The van der Waals surface area contributed by atoms with Gasteiger partial charge in [-0.05, 0) is 23.8 Å². The van der Waals surface area contributed by atoms with E-state index in [1.165, 1.54) is 18.3 Å². The zero-order chi connectivity index (χ0) is 13.3. The number of alkyl halides is 3. The van der Waals surface area contributed by atoms with Gasteiger partial charge in [0, 0.05) is 5.56 Å². The first-order valence-corrected chi connectivity index (χ1v) is 5.11. The molecule has 0 aliphatic rings. The lowest BCUT2D eigenvalue weighted by molar-refractivity contribution is -0.139. The summed E-state index contributed by atoms with van der Waals surface area (Å²) in [7, 11) is 0. The van der Waals surface area contributed by atoms with Crippen LogP contribution in [0, 0.1) is 5.82 Å². The number of hydrogen-bond acceptors (Lipinski definition) is 2. The molecular formula is C11H5ClF4N2.